The molecule has 7 nitrogen and oxygen atoms in total. The number of benzene rings is 3. The molecule has 0 radical (unpaired) electrons. The number of para-hydroxylation sites is 1. The highest BCUT2D eigenvalue weighted by molar-refractivity contribution is 7.89. The van der Waals surface area contributed by atoms with Gasteiger partial charge in [0.1, 0.15) is 5.75 Å². The second kappa shape index (κ2) is 8.93. The Bertz CT molecular complexity index is 1390. The van der Waals surface area contributed by atoms with Crippen molar-refractivity contribution >= 4 is 48.3 Å². The number of anilines is 2. The third-order valence-electron chi connectivity index (χ3n) is 5.13. The van der Waals surface area contributed by atoms with Gasteiger partial charge in [-0.2, -0.15) is 0 Å². The maximum absolute atomic E-state index is 13.8. The lowest BCUT2D eigenvalue weighted by Crippen LogP contribution is -2.27. The van der Waals surface area contributed by atoms with Crippen molar-refractivity contribution in [3.8, 4) is 5.75 Å². The summed E-state index contributed by atoms with van der Waals surface area (Å²) in [6.07, 6.45) is 0. The number of sulfonamides is 1. The molecular weight excluding hydrogens is 458 g/mol. The molecule has 0 fully saturated rings. The SMILES string of the molecule is COc1ccc(C)cc1N(C(=O)c1ccc(S(=O)(=O)N(C)C)cc1)c1nc2ccccc2s1. The number of thiazole rings is 1. The van der Waals surface area contributed by atoms with Crippen LogP contribution in [0, 0.1) is 6.92 Å². The number of aromatic nitrogens is 1. The Hall–Kier alpha value is -3.27. The Morgan fingerprint density at radius 1 is 1.00 bits per heavy atom. The number of ether oxygens (including phenoxy) is 1. The average molecular weight is 482 g/mol. The van der Waals surface area contributed by atoms with Crippen molar-refractivity contribution in [1.82, 2.24) is 9.29 Å². The molecule has 0 atom stereocenters. The van der Waals surface area contributed by atoms with Crippen LogP contribution in [0.15, 0.2) is 71.6 Å². The van der Waals surface area contributed by atoms with Crippen LogP contribution in [-0.2, 0) is 10.0 Å². The van der Waals surface area contributed by atoms with Gasteiger partial charge in [-0.3, -0.25) is 4.79 Å². The quantitative estimate of drug-likeness (QED) is 0.394. The van der Waals surface area contributed by atoms with Gasteiger partial charge in [0.25, 0.3) is 5.91 Å². The first-order valence-electron chi connectivity index (χ1n) is 10.1. The molecule has 0 aliphatic carbocycles. The lowest BCUT2D eigenvalue weighted by atomic mass is 10.1. The third kappa shape index (κ3) is 4.35. The molecule has 3 aromatic carbocycles. The number of aryl methyl sites for hydroxylation is 1. The zero-order valence-corrected chi connectivity index (χ0v) is 20.3. The van der Waals surface area contributed by atoms with Crippen LogP contribution in [0.2, 0.25) is 0 Å². The van der Waals surface area contributed by atoms with Gasteiger partial charge in [0.2, 0.25) is 10.0 Å². The predicted octanol–water partition coefficient (Wildman–Crippen LogP) is 4.84. The van der Waals surface area contributed by atoms with Gasteiger partial charge in [-0.1, -0.05) is 29.5 Å². The van der Waals surface area contributed by atoms with Gasteiger partial charge in [0.15, 0.2) is 5.13 Å². The number of carbonyl (C=O) groups excluding carboxylic acids is 1. The topological polar surface area (TPSA) is 79.8 Å². The Labute approximate surface area is 196 Å². The number of carbonyl (C=O) groups is 1. The van der Waals surface area contributed by atoms with Gasteiger partial charge in [-0.25, -0.2) is 22.6 Å². The van der Waals surface area contributed by atoms with Crippen LogP contribution in [0.25, 0.3) is 10.2 Å². The molecular formula is C24H23N3O4S2. The van der Waals surface area contributed by atoms with Crippen LogP contribution < -0.4 is 9.64 Å². The minimum atomic E-state index is -3.60. The first-order valence-corrected chi connectivity index (χ1v) is 12.4. The molecule has 1 aromatic heterocycles. The number of rotatable bonds is 6. The van der Waals surface area contributed by atoms with E-state index in [2.05, 4.69) is 4.98 Å². The number of nitrogens with zero attached hydrogens (tertiary/aromatic N) is 3. The minimum Gasteiger partial charge on any atom is -0.495 e. The van der Waals surface area contributed by atoms with Crippen molar-refractivity contribution in [2.45, 2.75) is 11.8 Å². The molecule has 0 saturated heterocycles. The molecule has 4 rings (SSSR count). The number of amides is 1. The molecule has 4 aromatic rings. The smallest absolute Gasteiger partial charge is 0.264 e. The van der Waals surface area contributed by atoms with E-state index in [1.807, 2.05) is 49.4 Å². The number of fused-ring (bicyclic) bond motifs is 1. The highest BCUT2D eigenvalue weighted by Gasteiger charge is 2.27. The largest absolute Gasteiger partial charge is 0.495 e. The maximum atomic E-state index is 13.8. The number of hydrogen-bond donors (Lipinski definition) is 0. The fourth-order valence-corrected chi connectivity index (χ4v) is 5.22. The summed E-state index contributed by atoms with van der Waals surface area (Å²) < 4.78 is 32.5. The lowest BCUT2D eigenvalue weighted by Gasteiger charge is -2.23. The summed E-state index contributed by atoms with van der Waals surface area (Å²) in [5.74, 6) is 0.187. The van der Waals surface area contributed by atoms with Crippen molar-refractivity contribution in [2.24, 2.45) is 0 Å². The van der Waals surface area contributed by atoms with E-state index in [1.165, 1.54) is 54.6 Å². The van der Waals surface area contributed by atoms with E-state index in [0.29, 0.717) is 22.1 Å². The van der Waals surface area contributed by atoms with E-state index in [1.54, 1.807) is 7.11 Å². The summed E-state index contributed by atoms with van der Waals surface area (Å²) in [6, 6.07) is 19.2. The Balaban J connectivity index is 1.85. The lowest BCUT2D eigenvalue weighted by molar-refractivity contribution is 0.0998. The Morgan fingerprint density at radius 2 is 1.70 bits per heavy atom. The molecule has 0 unspecified atom stereocenters. The average Bonchev–Trinajstić information content (AvgIpc) is 3.23. The highest BCUT2D eigenvalue weighted by Crippen LogP contribution is 2.39. The van der Waals surface area contributed by atoms with E-state index >= 15 is 0 Å². The number of methoxy groups -OCH3 is 1. The van der Waals surface area contributed by atoms with E-state index in [0.717, 1.165) is 20.1 Å². The molecule has 0 aliphatic heterocycles. The molecule has 1 heterocycles. The normalized spacial score (nSPS) is 11.7. The maximum Gasteiger partial charge on any atom is 0.264 e. The molecule has 0 aliphatic rings. The van der Waals surface area contributed by atoms with E-state index < -0.39 is 10.0 Å². The summed E-state index contributed by atoms with van der Waals surface area (Å²) >= 11 is 1.40. The zero-order valence-electron chi connectivity index (χ0n) is 18.6. The van der Waals surface area contributed by atoms with Crippen molar-refractivity contribution in [3.63, 3.8) is 0 Å². The monoisotopic (exact) mass is 481 g/mol. The number of hydrogen-bond acceptors (Lipinski definition) is 6. The molecule has 0 N–H and O–H groups in total. The molecule has 0 bridgehead atoms. The summed E-state index contributed by atoms with van der Waals surface area (Å²) in [5, 5.41) is 0.495. The first kappa shape index (κ1) is 22.9. The summed E-state index contributed by atoms with van der Waals surface area (Å²) in [6.45, 7) is 1.94. The second-order valence-corrected chi connectivity index (χ2v) is 10.8. The van der Waals surface area contributed by atoms with Gasteiger partial charge in [0, 0.05) is 19.7 Å². The molecule has 170 valence electrons. The van der Waals surface area contributed by atoms with Crippen LogP contribution in [-0.4, -0.2) is 44.8 Å². The van der Waals surface area contributed by atoms with E-state index in [4.69, 9.17) is 4.74 Å². The zero-order chi connectivity index (χ0) is 23.8. The van der Waals surface area contributed by atoms with Gasteiger partial charge < -0.3 is 4.74 Å². The van der Waals surface area contributed by atoms with E-state index in [-0.39, 0.29) is 10.8 Å². The standard InChI is InChI=1S/C24H23N3O4S2/c1-16-9-14-21(31-4)20(15-16)27(24-25-19-7-5-6-8-22(19)32-24)23(28)17-10-12-18(13-11-17)33(29,30)26(2)3/h5-15H,1-4H3. The highest BCUT2D eigenvalue weighted by atomic mass is 32.2. The first-order chi connectivity index (χ1) is 15.7. The summed E-state index contributed by atoms with van der Waals surface area (Å²) in [4.78, 5) is 20.1. The van der Waals surface area contributed by atoms with Crippen LogP contribution in [0.1, 0.15) is 15.9 Å². The Kier molecular flexibility index (Phi) is 6.20. The van der Waals surface area contributed by atoms with Gasteiger partial charge in [-0.15, -0.1) is 0 Å². The minimum absolute atomic E-state index is 0.115. The fourth-order valence-electron chi connectivity index (χ4n) is 3.34. The fraction of sp³-hybridized carbons (Fsp3) is 0.167. The summed E-state index contributed by atoms with van der Waals surface area (Å²) in [7, 11) is 0.883. The van der Waals surface area contributed by atoms with Crippen molar-refractivity contribution in [1.29, 1.82) is 0 Å². The molecule has 0 spiro atoms. The predicted molar refractivity (Wildman–Crippen MR) is 131 cm³/mol. The van der Waals surface area contributed by atoms with Gasteiger partial charge >= 0.3 is 0 Å². The van der Waals surface area contributed by atoms with Gasteiger partial charge in [0.05, 0.1) is 27.9 Å². The van der Waals surface area contributed by atoms with Crippen LogP contribution >= 0.6 is 11.3 Å². The Morgan fingerprint density at radius 3 is 2.33 bits per heavy atom. The third-order valence-corrected chi connectivity index (χ3v) is 7.98. The molecule has 1 amide bonds. The van der Waals surface area contributed by atoms with Crippen LogP contribution in [0.4, 0.5) is 10.8 Å². The van der Waals surface area contributed by atoms with Gasteiger partial charge in [-0.05, 0) is 61.0 Å². The van der Waals surface area contributed by atoms with E-state index in [9.17, 15) is 13.2 Å². The molecule has 33 heavy (non-hydrogen) atoms. The van der Waals surface area contributed by atoms with Crippen molar-refractivity contribution in [3.05, 3.63) is 77.9 Å². The molecule has 0 saturated carbocycles. The molecule has 9 heteroatoms. The second-order valence-electron chi connectivity index (χ2n) is 7.59. The van der Waals surface area contributed by atoms with Crippen LogP contribution in [0.5, 0.6) is 5.75 Å². The van der Waals surface area contributed by atoms with Crippen molar-refractivity contribution < 1.29 is 17.9 Å². The summed E-state index contributed by atoms with van der Waals surface area (Å²) in [5.41, 5.74) is 2.63. The van der Waals surface area contributed by atoms with Crippen LogP contribution in [0.3, 0.4) is 0 Å². The van der Waals surface area contributed by atoms with Crippen molar-refractivity contribution in [2.75, 3.05) is 26.1 Å².